The third-order valence-electron chi connectivity index (χ3n) is 1.86. The SMILES string of the molecule is COCCN1CC(O)=C(C#N)C1=N. The Morgan fingerprint density at radius 1 is 1.77 bits per heavy atom. The number of aliphatic hydroxyl groups is 1. The molecule has 0 atom stereocenters. The Kier molecular flexibility index (Phi) is 2.88. The second-order valence-corrected chi connectivity index (χ2v) is 2.70. The van der Waals surface area contributed by atoms with Crippen LogP contribution in [0, 0.1) is 16.7 Å². The van der Waals surface area contributed by atoms with Crippen molar-refractivity contribution in [2.24, 2.45) is 0 Å². The Hall–Kier alpha value is -1.54. The van der Waals surface area contributed by atoms with Crippen LogP contribution in [0.5, 0.6) is 0 Å². The molecule has 1 heterocycles. The molecule has 2 N–H and O–H groups in total. The van der Waals surface area contributed by atoms with Crippen LogP contribution in [-0.2, 0) is 4.74 Å². The minimum atomic E-state index is -0.0244. The van der Waals surface area contributed by atoms with E-state index in [1.807, 2.05) is 0 Å². The summed E-state index contributed by atoms with van der Waals surface area (Å²) in [6.07, 6.45) is 0. The van der Waals surface area contributed by atoms with Crippen LogP contribution in [-0.4, -0.2) is 42.6 Å². The van der Waals surface area contributed by atoms with Gasteiger partial charge in [0, 0.05) is 13.7 Å². The number of ether oxygens (including phenoxy) is 1. The molecule has 5 nitrogen and oxygen atoms in total. The van der Waals surface area contributed by atoms with Crippen LogP contribution in [0.15, 0.2) is 11.3 Å². The van der Waals surface area contributed by atoms with Crippen molar-refractivity contribution in [2.75, 3.05) is 26.8 Å². The standard InChI is InChI=1S/C8H11N3O2/c1-13-3-2-11-5-7(12)6(4-9)8(11)10/h10,12H,2-3,5H2,1H3. The van der Waals surface area contributed by atoms with Gasteiger partial charge in [0.05, 0.1) is 13.2 Å². The molecule has 0 bridgehead atoms. The highest BCUT2D eigenvalue weighted by Gasteiger charge is 2.26. The van der Waals surface area contributed by atoms with Gasteiger partial charge in [-0.2, -0.15) is 5.26 Å². The Labute approximate surface area is 76.3 Å². The van der Waals surface area contributed by atoms with Crippen LogP contribution < -0.4 is 0 Å². The smallest absolute Gasteiger partial charge is 0.142 e. The van der Waals surface area contributed by atoms with E-state index in [1.165, 1.54) is 0 Å². The molecule has 0 aromatic heterocycles. The molecule has 0 aromatic rings. The van der Waals surface area contributed by atoms with E-state index in [4.69, 9.17) is 15.4 Å². The second-order valence-electron chi connectivity index (χ2n) is 2.70. The van der Waals surface area contributed by atoms with E-state index in [1.54, 1.807) is 18.1 Å². The first kappa shape index (κ1) is 9.55. The lowest BCUT2D eigenvalue weighted by Gasteiger charge is -2.16. The summed E-state index contributed by atoms with van der Waals surface area (Å²) >= 11 is 0. The molecule has 0 saturated heterocycles. The van der Waals surface area contributed by atoms with Gasteiger partial charge in [0.2, 0.25) is 0 Å². The van der Waals surface area contributed by atoms with E-state index in [0.717, 1.165) is 0 Å². The molecule has 1 aliphatic rings. The molecular formula is C8H11N3O2. The molecule has 0 aromatic carbocycles. The predicted octanol–water partition coefficient (Wildman–Crippen LogP) is 0.261. The third-order valence-corrected chi connectivity index (χ3v) is 1.86. The fourth-order valence-electron chi connectivity index (χ4n) is 1.14. The number of hydrogen-bond donors (Lipinski definition) is 2. The Bertz CT molecular complexity index is 290. The fraction of sp³-hybridized carbons (Fsp3) is 0.500. The molecule has 13 heavy (non-hydrogen) atoms. The van der Waals surface area contributed by atoms with Gasteiger partial charge in [0.1, 0.15) is 23.2 Å². The summed E-state index contributed by atoms with van der Waals surface area (Å²) in [5.41, 5.74) is 0.0658. The van der Waals surface area contributed by atoms with Crippen molar-refractivity contribution in [2.45, 2.75) is 0 Å². The van der Waals surface area contributed by atoms with Crippen molar-refractivity contribution in [3.8, 4) is 6.07 Å². The summed E-state index contributed by atoms with van der Waals surface area (Å²) in [5, 5.41) is 25.3. The lowest BCUT2D eigenvalue weighted by molar-refractivity contribution is 0.177. The molecule has 1 rings (SSSR count). The molecule has 0 radical (unpaired) electrons. The van der Waals surface area contributed by atoms with Gasteiger partial charge < -0.3 is 14.7 Å². The molecule has 0 spiro atoms. The number of methoxy groups -OCH3 is 1. The zero-order valence-corrected chi connectivity index (χ0v) is 7.37. The number of hydrogen-bond acceptors (Lipinski definition) is 4. The molecular weight excluding hydrogens is 170 g/mol. The molecule has 0 unspecified atom stereocenters. The normalized spacial score (nSPS) is 16.6. The van der Waals surface area contributed by atoms with Gasteiger partial charge in [-0.15, -0.1) is 0 Å². The first-order chi connectivity index (χ1) is 6.20. The average Bonchev–Trinajstić information content (AvgIpc) is 2.38. The van der Waals surface area contributed by atoms with E-state index >= 15 is 0 Å². The van der Waals surface area contributed by atoms with Crippen molar-refractivity contribution >= 4 is 5.84 Å². The van der Waals surface area contributed by atoms with Gasteiger partial charge >= 0.3 is 0 Å². The van der Waals surface area contributed by atoms with E-state index in [0.29, 0.717) is 13.2 Å². The minimum absolute atomic E-state index is 0.0244. The molecule has 1 aliphatic heterocycles. The zero-order chi connectivity index (χ0) is 9.84. The first-order valence-corrected chi connectivity index (χ1v) is 3.85. The van der Waals surface area contributed by atoms with Crippen LogP contribution in [0.1, 0.15) is 0 Å². The quantitative estimate of drug-likeness (QED) is 0.654. The Morgan fingerprint density at radius 3 is 2.92 bits per heavy atom. The van der Waals surface area contributed by atoms with Gasteiger partial charge in [-0.1, -0.05) is 0 Å². The maximum atomic E-state index is 9.26. The lowest BCUT2D eigenvalue weighted by atomic mass is 10.3. The Morgan fingerprint density at radius 2 is 2.46 bits per heavy atom. The first-order valence-electron chi connectivity index (χ1n) is 3.85. The highest BCUT2D eigenvalue weighted by molar-refractivity contribution is 6.02. The number of rotatable bonds is 3. The van der Waals surface area contributed by atoms with Crippen molar-refractivity contribution in [1.29, 1.82) is 10.7 Å². The third kappa shape index (κ3) is 1.79. The topological polar surface area (TPSA) is 80.3 Å². The van der Waals surface area contributed by atoms with Crippen molar-refractivity contribution in [3.05, 3.63) is 11.3 Å². The lowest BCUT2D eigenvalue weighted by Crippen LogP contribution is -2.30. The number of amidine groups is 1. The number of nitrogens with zero attached hydrogens (tertiary/aromatic N) is 2. The molecule has 0 amide bonds. The molecule has 0 aliphatic carbocycles. The largest absolute Gasteiger partial charge is 0.509 e. The van der Waals surface area contributed by atoms with Gasteiger partial charge in [-0.25, -0.2) is 0 Å². The molecule has 0 fully saturated rings. The van der Waals surface area contributed by atoms with Crippen LogP contribution in [0.3, 0.4) is 0 Å². The predicted molar refractivity (Wildman–Crippen MR) is 46.4 cm³/mol. The van der Waals surface area contributed by atoms with Gasteiger partial charge in [-0.3, -0.25) is 5.41 Å². The summed E-state index contributed by atoms with van der Waals surface area (Å²) < 4.78 is 4.83. The maximum Gasteiger partial charge on any atom is 0.142 e. The summed E-state index contributed by atoms with van der Waals surface area (Å²) in [6, 6.07) is 1.79. The number of nitrogens with one attached hydrogen (secondary N) is 1. The monoisotopic (exact) mass is 181 g/mol. The number of nitriles is 1. The second kappa shape index (κ2) is 3.92. The Balaban J connectivity index is 2.61. The van der Waals surface area contributed by atoms with Gasteiger partial charge in [0.15, 0.2) is 0 Å². The van der Waals surface area contributed by atoms with Crippen molar-refractivity contribution in [1.82, 2.24) is 4.90 Å². The van der Waals surface area contributed by atoms with Gasteiger partial charge in [-0.05, 0) is 0 Å². The summed E-state index contributed by atoms with van der Waals surface area (Å²) in [7, 11) is 1.57. The zero-order valence-electron chi connectivity index (χ0n) is 7.37. The minimum Gasteiger partial charge on any atom is -0.509 e. The molecule has 0 saturated carbocycles. The number of aliphatic hydroxyl groups excluding tert-OH is 1. The average molecular weight is 181 g/mol. The van der Waals surface area contributed by atoms with E-state index in [2.05, 4.69) is 0 Å². The molecule has 5 heteroatoms. The van der Waals surface area contributed by atoms with Crippen molar-refractivity contribution < 1.29 is 9.84 Å². The summed E-state index contributed by atoms with van der Waals surface area (Å²) in [4.78, 5) is 1.59. The van der Waals surface area contributed by atoms with E-state index in [9.17, 15) is 5.11 Å². The van der Waals surface area contributed by atoms with Crippen LogP contribution >= 0.6 is 0 Å². The van der Waals surface area contributed by atoms with Gasteiger partial charge in [0.25, 0.3) is 0 Å². The maximum absolute atomic E-state index is 9.26. The van der Waals surface area contributed by atoms with E-state index < -0.39 is 0 Å². The van der Waals surface area contributed by atoms with Crippen LogP contribution in [0.25, 0.3) is 0 Å². The van der Waals surface area contributed by atoms with Crippen LogP contribution in [0.2, 0.25) is 0 Å². The summed E-state index contributed by atoms with van der Waals surface area (Å²) in [6.45, 7) is 1.24. The fourth-order valence-corrected chi connectivity index (χ4v) is 1.14. The molecule has 70 valence electrons. The van der Waals surface area contributed by atoms with E-state index in [-0.39, 0.29) is 23.7 Å². The van der Waals surface area contributed by atoms with Crippen LogP contribution in [0.4, 0.5) is 0 Å². The van der Waals surface area contributed by atoms with Crippen molar-refractivity contribution in [3.63, 3.8) is 0 Å². The highest BCUT2D eigenvalue weighted by atomic mass is 16.5. The summed E-state index contributed by atoms with van der Waals surface area (Å²) in [5.74, 6) is 0.0562. The highest BCUT2D eigenvalue weighted by Crippen LogP contribution is 2.15.